The molecule has 0 unspecified atom stereocenters. The fraction of sp³-hybridized carbons (Fsp3) is 0.640. The van der Waals surface area contributed by atoms with E-state index in [1.54, 1.807) is 0 Å². The number of nitrogens with zero attached hydrogens (tertiary/aromatic N) is 5. The predicted molar refractivity (Wildman–Crippen MR) is 133 cm³/mol. The maximum atomic E-state index is 4.85. The van der Waals surface area contributed by atoms with Gasteiger partial charge < -0.3 is 20.1 Å². The van der Waals surface area contributed by atoms with Crippen molar-refractivity contribution in [3.05, 3.63) is 42.0 Å². The standard InChI is InChI=1S/C25H41N7/c1-19(2)21-12-14-22(15-13-21)28-25(27-18-24-30-29-20(3)32(24)5)26-16-9-17-31(4)23-10-7-6-8-11-23/h6-8,10-11,19,21-22H,9,12-18H2,1-5H3,(H2,26,27,28). The summed E-state index contributed by atoms with van der Waals surface area (Å²) in [5.74, 6) is 4.32. The van der Waals surface area contributed by atoms with Crippen molar-refractivity contribution in [3.63, 3.8) is 0 Å². The topological polar surface area (TPSA) is 70.4 Å². The van der Waals surface area contributed by atoms with Crippen molar-refractivity contribution in [1.82, 2.24) is 25.4 Å². The fourth-order valence-corrected chi connectivity index (χ4v) is 4.35. The fourth-order valence-electron chi connectivity index (χ4n) is 4.35. The van der Waals surface area contributed by atoms with Crippen LogP contribution in [0.5, 0.6) is 0 Å². The van der Waals surface area contributed by atoms with Gasteiger partial charge in [-0.3, -0.25) is 0 Å². The summed E-state index contributed by atoms with van der Waals surface area (Å²) >= 11 is 0. The lowest BCUT2D eigenvalue weighted by Gasteiger charge is -2.32. The molecular formula is C25H41N7. The van der Waals surface area contributed by atoms with Gasteiger partial charge in [0.05, 0.1) is 0 Å². The van der Waals surface area contributed by atoms with Crippen LogP contribution in [0, 0.1) is 18.8 Å². The van der Waals surface area contributed by atoms with Crippen molar-refractivity contribution in [1.29, 1.82) is 0 Å². The van der Waals surface area contributed by atoms with Crippen molar-refractivity contribution in [2.75, 3.05) is 25.0 Å². The number of nitrogens with one attached hydrogen (secondary N) is 2. The molecule has 2 N–H and O–H groups in total. The Labute approximate surface area is 193 Å². The van der Waals surface area contributed by atoms with Crippen LogP contribution in [0.3, 0.4) is 0 Å². The molecule has 7 nitrogen and oxygen atoms in total. The highest BCUT2D eigenvalue weighted by Crippen LogP contribution is 2.29. The lowest BCUT2D eigenvalue weighted by molar-refractivity contribution is 0.250. The molecule has 0 radical (unpaired) electrons. The summed E-state index contributed by atoms with van der Waals surface area (Å²) in [7, 11) is 4.14. The van der Waals surface area contributed by atoms with Crippen LogP contribution in [0.2, 0.25) is 0 Å². The Kier molecular flexibility index (Phi) is 8.94. The van der Waals surface area contributed by atoms with E-state index in [9.17, 15) is 0 Å². The van der Waals surface area contributed by atoms with E-state index in [0.717, 1.165) is 49.0 Å². The number of anilines is 1. The first-order chi connectivity index (χ1) is 15.4. The third kappa shape index (κ3) is 6.97. The Morgan fingerprint density at radius 2 is 1.88 bits per heavy atom. The summed E-state index contributed by atoms with van der Waals surface area (Å²) in [6, 6.07) is 11.0. The van der Waals surface area contributed by atoms with Crippen LogP contribution >= 0.6 is 0 Å². The van der Waals surface area contributed by atoms with Gasteiger partial charge in [0.25, 0.3) is 0 Å². The van der Waals surface area contributed by atoms with Gasteiger partial charge in [-0.05, 0) is 63.0 Å². The van der Waals surface area contributed by atoms with E-state index in [2.05, 4.69) is 77.0 Å². The Balaban J connectivity index is 1.54. The molecule has 0 bridgehead atoms. The molecule has 0 atom stereocenters. The van der Waals surface area contributed by atoms with Crippen LogP contribution in [0.15, 0.2) is 35.3 Å². The average molecular weight is 440 g/mol. The van der Waals surface area contributed by atoms with Gasteiger partial charge >= 0.3 is 0 Å². The summed E-state index contributed by atoms with van der Waals surface area (Å²) in [4.78, 5) is 7.14. The SMILES string of the molecule is Cc1nnc(CN=C(NCCCN(C)c2ccccc2)NC2CCC(C(C)C)CC2)n1C. The summed E-state index contributed by atoms with van der Waals surface area (Å²) < 4.78 is 2.00. The monoisotopic (exact) mass is 439 g/mol. The first-order valence-electron chi connectivity index (χ1n) is 12.1. The molecule has 0 amide bonds. The number of para-hydroxylation sites is 1. The second kappa shape index (κ2) is 11.9. The van der Waals surface area contributed by atoms with Crippen LogP contribution in [-0.4, -0.2) is 46.9 Å². The molecule has 1 aliphatic rings. The maximum absolute atomic E-state index is 4.85. The van der Waals surface area contributed by atoms with Gasteiger partial charge in [0.1, 0.15) is 12.4 Å². The quantitative estimate of drug-likeness (QED) is 0.352. The maximum Gasteiger partial charge on any atom is 0.191 e. The largest absolute Gasteiger partial charge is 0.375 e. The van der Waals surface area contributed by atoms with E-state index in [1.165, 1.54) is 31.4 Å². The third-order valence-electron chi connectivity index (χ3n) is 6.78. The zero-order chi connectivity index (χ0) is 22.9. The Morgan fingerprint density at radius 3 is 2.50 bits per heavy atom. The minimum Gasteiger partial charge on any atom is -0.375 e. The van der Waals surface area contributed by atoms with Crippen LogP contribution in [0.25, 0.3) is 0 Å². The first-order valence-corrected chi connectivity index (χ1v) is 12.1. The third-order valence-corrected chi connectivity index (χ3v) is 6.78. The van der Waals surface area contributed by atoms with E-state index >= 15 is 0 Å². The van der Waals surface area contributed by atoms with Gasteiger partial charge in [0, 0.05) is 38.9 Å². The molecule has 176 valence electrons. The number of aromatic nitrogens is 3. The molecule has 1 heterocycles. The zero-order valence-corrected chi connectivity index (χ0v) is 20.5. The van der Waals surface area contributed by atoms with Crippen molar-refractivity contribution in [2.45, 2.75) is 65.5 Å². The number of aliphatic imine (C=N–C) groups is 1. The van der Waals surface area contributed by atoms with Crippen LogP contribution in [0.1, 0.15) is 57.6 Å². The van der Waals surface area contributed by atoms with Crippen molar-refractivity contribution < 1.29 is 0 Å². The molecule has 1 aromatic heterocycles. The number of rotatable bonds is 9. The predicted octanol–water partition coefficient (Wildman–Crippen LogP) is 3.90. The number of guanidine groups is 1. The van der Waals surface area contributed by atoms with E-state index in [4.69, 9.17) is 4.99 Å². The first kappa shape index (κ1) is 24.1. The summed E-state index contributed by atoms with van der Waals surface area (Å²) in [5.41, 5.74) is 1.25. The molecule has 1 fully saturated rings. The minimum atomic E-state index is 0.490. The van der Waals surface area contributed by atoms with Crippen LogP contribution in [-0.2, 0) is 13.6 Å². The lowest BCUT2D eigenvalue weighted by atomic mass is 9.80. The highest BCUT2D eigenvalue weighted by Gasteiger charge is 2.23. The van der Waals surface area contributed by atoms with Gasteiger partial charge in [-0.25, -0.2) is 4.99 Å². The normalized spacial score (nSPS) is 19.2. The molecule has 2 aromatic rings. The molecule has 7 heteroatoms. The molecule has 1 aliphatic carbocycles. The Hall–Kier alpha value is -2.57. The second-order valence-corrected chi connectivity index (χ2v) is 9.42. The summed E-state index contributed by atoms with van der Waals surface area (Å²) in [5, 5.41) is 15.7. The number of hydrogen-bond donors (Lipinski definition) is 2. The zero-order valence-electron chi connectivity index (χ0n) is 20.5. The Morgan fingerprint density at radius 1 is 1.16 bits per heavy atom. The van der Waals surface area contributed by atoms with E-state index in [0.29, 0.717) is 12.6 Å². The molecular weight excluding hydrogens is 398 g/mol. The molecule has 1 aromatic carbocycles. The van der Waals surface area contributed by atoms with Gasteiger partial charge in [-0.15, -0.1) is 10.2 Å². The summed E-state index contributed by atoms with van der Waals surface area (Å²) in [6.45, 7) is 9.06. The van der Waals surface area contributed by atoms with Crippen molar-refractivity contribution in [3.8, 4) is 0 Å². The number of benzene rings is 1. The molecule has 1 saturated carbocycles. The van der Waals surface area contributed by atoms with Gasteiger partial charge in [0.2, 0.25) is 0 Å². The van der Waals surface area contributed by atoms with Gasteiger partial charge in [-0.1, -0.05) is 32.0 Å². The number of hydrogen-bond acceptors (Lipinski definition) is 4. The Bertz CT molecular complexity index is 835. The van der Waals surface area contributed by atoms with Crippen LogP contribution < -0.4 is 15.5 Å². The smallest absolute Gasteiger partial charge is 0.191 e. The number of aryl methyl sites for hydroxylation is 1. The molecule has 0 spiro atoms. The lowest BCUT2D eigenvalue weighted by Crippen LogP contribution is -2.45. The molecule has 0 aliphatic heterocycles. The molecule has 3 rings (SSSR count). The second-order valence-electron chi connectivity index (χ2n) is 9.42. The summed E-state index contributed by atoms with van der Waals surface area (Å²) in [6.07, 6.45) is 6.06. The van der Waals surface area contributed by atoms with E-state index in [-0.39, 0.29) is 0 Å². The average Bonchev–Trinajstić information content (AvgIpc) is 3.13. The van der Waals surface area contributed by atoms with Crippen molar-refractivity contribution in [2.24, 2.45) is 23.9 Å². The van der Waals surface area contributed by atoms with Crippen molar-refractivity contribution >= 4 is 11.6 Å². The highest BCUT2D eigenvalue weighted by molar-refractivity contribution is 5.80. The molecule has 32 heavy (non-hydrogen) atoms. The van der Waals surface area contributed by atoms with Gasteiger partial charge in [0.15, 0.2) is 11.8 Å². The van der Waals surface area contributed by atoms with E-state index in [1.807, 2.05) is 18.5 Å². The van der Waals surface area contributed by atoms with E-state index < -0.39 is 0 Å². The van der Waals surface area contributed by atoms with Gasteiger partial charge in [-0.2, -0.15) is 0 Å². The highest BCUT2D eigenvalue weighted by atomic mass is 15.3. The molecule has 0 saturated heterocycles. The van der Waals surface area contributed by atoms with Crippen LogP contribution in [0.4, 0.5) is 5.69 Å². The minimum absolute atomic E-state index is 0.490.